The zero-order valence-corrected chi connectivity index (χ0v) is 19.6. The van der Waals surface area contributed by atoms with Gasteiger partial charge in [-0.25, -0.2) is 9.78 Å². The smallest absolute Gasteiger partial charge is 0.322 e. The zero-order chi connectivity index (χ0) is 22.0. The number of aromatic nitrogens is 2. The Morgan fingerprint density at radius 2 is 1.97 bits per heavy atom. The van der Waals surface area contributed by atoms with Crippen molar-refractivity contribution in [2.24, 2.45) is 0 Å². The number of hydrogen-bond acceptors (Lipinski definition) is 5. The summed E-state index contributed by atoms with van der Waals surface area (Å²) in [5.74, 6) is 0.828. The van der Waals surface area contributed by atoms with Gasteiger partial charge >= 0.3 is 6.03 Å². The minimum atomic E-state index is -0.173. The molecule has 0 radical (unpaired) electrons. The number of hydrogen-bond donors (Lipinski definition) is 1. The standard InChI is InChI=1S/C22H23Cl2N5OS/c1-14-3-5-16(6-4-14)11-20-26-22(31-27-20)28-9-10-29(15(2)13-28)21(30)25-19-8-7-17(23)12-18(19)24/h3-8,12,15H,9-11,13H2,1-2H3,(H,25,30). The maximum absolute atomic E-state index is 12.8. The normalized spacial score (nSPS) is 16.5. The second-order valence-corrected chi connectivity index (χ2v) is 9.27. The minimum absolute atomic E-state index is 0.0178. The molecule has 1 saturated heterocycles. The molecule has 1 fully saturated rings. The zero-order valence-electron chi connectivity index (χ0n) is 17.3. The third-order valence-corrected chi connectivity index (χ3v) is 6.63. The maximum atomic E-state index is 12.8. The number of carbonyl (C=O) groups excluding carboxylic acids is 1. The van der Waals surface area contributed by atoms with E-state index in [-0.39, 0.29) is 12.1 Å². The molecule has 4 rings (SSSR count). The largest absolute Gasteiger partial charge is 0.343 e. The molecule has 6 nitrogen and oxygen atoms in total. The number of urea groups is 1. The monoisotopic (exact) mass is 475 g/mol. The lowest BCUT2D eigenvalue weighted by Gasteiger charge is -2.39. The fourth-order valence-electron chi connectivity index (χ4n) is 3.54. The molecule has 2 aromatic carbocycles. The molecule has 1 atom stereocenters. The number of anilines is 2. The van der Waals surface area contributed by atoms with Crippen LogP contribution in [0.2, 0.25) is 10.0 Å². The lowest BCUT2D eigenvalue weighted by molar-refractivity contribution is 0.185. The van der Waals surface area contributed by atoms with Crippen LogP contribution < -0.4 is 10.2 Å². The molecule has 1 aliphatic heterocycles. The van der Waals surface area contributed by atoms with Gasteiger partial charge in [-0.3, -0.25) is 0 Å². The van der Waals surface area contributed by atoms with Gasteiger partial charge in [-0.2, -0.15) is 4.37 Å². The van der Waals surface area contributed by atoms with E-state index in [0.717, 1.165) is 17.4 Å². The number of piperazine rings is 1. The van der Waals surface area contributed by atoms with E-state index in [1.165, 1.54) is 22.7 Å². The predicted octanol–water partition coefficient (Wildman–Crippen LogP) is 5.49. The Morgan fingerprint density at radius 3 is 2.68 bits per heavy atom. The Labute approximate surface area is 196 Å². The summed E-state index contributed by atoms with van der Waals surface area (Å²) in [6.07, 6.45) is 0.719. The van der Waals surface area contributed by atoms with Crippen molar-refractivity contribution in [2.75, 3.05) is 29.9 Å². The highest BCUT2D eigenvalue weighted by Gasteiger charge is 2.29. The predicted molar refractivity (Wildman–Crippen MR) is 128 cm³/mol. The Bertz CT molecular complexity index is 1070. The Morgan fingerprint density at radius 1 is 1.19 bits per heavy atom. The van der Waals surface area contributed by atoms with Crippen LogP contribution in [-0.2, 0) is 6.42 Å². The first kappa shape index (κ1) is 21.9. The van der Waals surface area contributed by atoms with Crippen LogP contribution in [0.15, 0.2) is 42.5 Å². The van der Waals surface area contributed by atoms with E-state index in [4.69, 9.17) is 28.2 Å². The SMILES string of the molecule is Cc1ccc(Cc2nsc(N3CCN(C(=O)Nc4ccc(Cl)cc4Cl)C(C)C3)n2)cc1. The van der Waals surface area contributed by atoms with Crippen LogP contribution in [0, 0.1) is 6.92 Å². The van der Waals surface area contributed by atoms with Gasteiger partial charge in [0.15, 0.2) is 0 Å². The van der Waals surface area contributed by atoms with Crippen molar-refractivity contribution in [2.45, 2.75) is 26.3 Å². The van der Waals surface area contributed by atoms with Crippen molar-refractivity contribution >= 4 is 51.6 Å². The van der Waals surface area contributed by atoms with Crippen molar-refractivity contribution in [3.05, 3.63) is 69.5 Å². The third-order valence-electron chi connectivity index (χ3n) is 5.27. The summed E-state index contributed by atoms with van der Waals surface area (Å²) < 4.78 is 4.53. The van der Waals surface area contributed by atoms with Crippen molar-refractivity contribution in [3.8, 4) is 0 Å². The summed E-state index contributed by atoms with van der Waals surface area (Å²) in [5, 5.41) is 4.73. The van der Waals surface area contributed by atoms with E-state index < -0.39 is 0 Å². The second kappa shape index (κ2) is 9.42. The lowest BCUT2D eigenvalue weighted by atomic mass is 10.1. The van der Waals surface area contributed by atoms with Gasteiger partial charge in [-0.15, -0.1) is 0 Å². The van der Waals surface area contributed by atoms with Crippen molar-refractivity contribution in [3.63, 3.8) is 0 Å². The third kappa shape index (κ3) is 5.29. The van der Waals surface area contributed by atoms with Gasteiger partial charge < -0.3 is 15.1 Å². The number of benzene rings is 2. The number of nitrogens with one attached hydrogen (secondary N) is 1. The van der Waals surface area contributed by atoms with Gasteiger partial charge in [0.2, 0.25) is 5.13 Å². The number of nitrogens with zero attached hydrogens (tertiary/aromatic N) is 4. The molecule has 1 aromatic heterocycles. The molecule has 0 bridgehead atoms. The average molecular weight is 476 g/mol. The van der Waals surface area contributed by atoms with E-state index in [9.17, 15) is 4.79 Å². The summed E-state index contributed by atoms with van der Waals surface area (Å²) in [6.45, 7) is 6.09. The molecule has 0 aliphatic carbocycles. The Kier molecular flexibility index (Phi) is 6.65. The van der Waals surface area contributed by atoms with Crippen LogP contribution in [-0.4, -0.2) is 46.0 Å². The van der Waals surface area contributed by atoms with Crippen LogP contribution in [0.1, 0.15) is 23.9 Å². The first-order valence-electron chi connectivity index (χ1n) is 10.0. The molecule has 1 N–H and O–H groups in total. The highest BCUT2D eigenvalue weighted by atomic mass is 35.5. The molecule has 162 valence electrons. The lowest BCUT2D eigenvalue weighted by Crippen LogP contribution is -2.55. The number of aryl methyl sites for hydroxylation is 1. The van der Waals surface area contributed by atoms with Crippen molar-refractivity contribution < 1.29 is 4.79 Å². The summed E-state index contributed by atoms with van der Waals surface area (Å²) in [5.41, 5.74) is 2.99. The van der Waals surface area contributed by atoms with E-state index in [2.05, 4.69) is 45.8 Å². The van der Waals surface area contributed by atoms with E-state index in [1.54, 1.807) is 18.2 Å². The molecule has 31 heavy (non-hydrogen) atoms. The molecular weight excluding hydrogens is 453 g/mol. The highest BCUT2D eigenvalue weighted by molar-refractivity contribution is 7.09. The van der Waals surface area contributed by atoms with Gasteiger partial charge in [0.05, 0.1) is 10.7 Å². The number of rotatable bonds is 4. The molecule has 0 spiro atoms. The van der Waals surface area contributed by atoms with E-state index in [0.29, 0.717) is 35.4 Å². The molecule has 2 heterocycles. The minimum Gasteiger partial charge on any atom is -0.343 e. The number of amides is 2. The molecule has 1 aliphatic rings. The molecule has 1 unspecified atom stereocenters. The number of halogens is 2. The fourth-order valence-corrected chi connectivity index (χ4v) is 4.72. The van der Waals surface area contributed by atoms with Crippen LogP contribution in [0.4, 0.5) is 15.6 Å². The highest BCUT2D eigenvalue weighted by Crippen LogP contribution is 2.27. The van der Waals surface area contributed by atoms with E-state index in [1.807, 2.05) is 11.8 Å². The first-order valence-corrected chi connectivity index (χ1v) is 11.6. The van der Waals surface area contributed by atoms with E-state index >= 15 is 0 Å². The quantitative estimate of drug-likeness (QED) is 0.541. The van der Waals surface area contributed by atoms with Gasteiger partial charge in [0.1, 0.15) is 5.82 Å². The van der Waals surface area contributed by atoms with Gasteiger partial charge in [0.25, 0.3) is 0 Å². The second-order valence-electron chi connectivity index (χ2n) is 7.70. The Hall–Kier alpha value is -2.35. The Balaban J connectivity index is 1.36. The fraction of sp³-hybridized carbons (Fsp3) is 0.318. The molecule has 2 amide bonds. The van der Waals surface area contributed by atoms with Crippen LogP contribution in [0.3, 0.4) is 0 Å². The van der Waals surface area contributed by atoms with Gasteiger partial charge in [0, 0.05) is 48.7 Å². The summed E-state index contributed by atoms with van der Waals surface area (Å²) in [4.78, 5) is 21.5. The molecule has 9 heteroatoms. The van der Waals surface area contributed by atoms with Gasteiger partial charge in [-0.1, -0.05) is 53.0 Å². The average Bonchev–Trinajstić information content (AvgIpc) is 3.20. The summed E-state index contributed by atoms with van der Waals surface area (Å²) in [7, 11) is 0. The maximum Gasteiger partial charge on any atom is 0.322 e. The molecular formula is C22H23Cl2N5OS. The van der Waals surface area contributed by atoms with Gasteiger partial charge in [-0.05, 0) is 37.6 Å². The van der Waals surface area contributed by atoms with Crippen molar-refractivity contribution in [1.29, 1.82) is 0 Å². The first-order chi connectivity index (χ1) is 14.9. The van der Waals surface area contributed by atoms with Crippen LogP contribution >= 0.6 is 34.7 Å². The molecule has 0 saturated carbocycles. The van der Waals surface area contributed by atoms with Crippen LogP contribution in [0.5, 0.6) is 0 Å². The van der Waals surface area contributed by atoms with Crippen molar-refractivity contribution in [1.82, 2.24) is 14.3 Å². The van der Waals surface area contributed by atoms with Crippen LogP contribution in [0.25, 0.3) is 0 Å². The summed E-state index contributed by atoms with van der Waals surface area (Å²) >= 11 is 13.5. The number of carbonyl (C=O) groups is 1. The molecule has 3 aromatic rings. The topological polar surface area (TPSA) is 61.4 Å². The summed E-state index contributed by atoms with van der Waals surface area (Å²) in [6, 6.07) is 13.3.